The van der Waals surface area contributed by atoms with Gasteiger partial charge in [-0.15, -0.1) is 0 Å². The van der Waals surface area contributed by atoms with Crippen molar-refractivity contribution in [3.05, 3.63) is 139 Å². The number of allylic oxidation sites excluding steroid dienone is 1. The van der Waals surface area contributed by atoms with Gasteiger partial charge in [-0.2, -0.15) is 4.57 Å². The molecular formula is C43H37N2O+. The largest absolute Gasteiger partial charge is 0.453 e. The Hall–Kier alpha value is -5.15. The highest BCUT2D eigenvalue weighted by Crippen LogP contribution is 2.60. The fourth-order valence-corrected chi connectivity index (χ4v) is 8.56. The Bertz CT molecular complexity index is 2270. The highest BCUT2D eigenvalue weighted by Gasteiger charge is 2.47. The number of rotatable bonds is 3. The molecule has 0 saturated heterocycles. The number of anilines is 3. The van der Waals surface area contributed by atoms with E-state index in [1.165, 1.54) is 61.1 Å². The molecule has 0 spiro atoms. The van der Waals surface area contributed by atoms with E-state index in [0.717, 1.165) is 35.7 Å². The number of hydrogen-bond donors (Lipinski definition) is 0. The van der Waals surface area contributed by atoms with Crippen LogP contribution in [0.1, 0.15) is 57.2 Å². The summed E-state index contributed by atoms with van der Waals surface area (Å²) in [6.45, 7) is 14.0. The normalized spacial score (nSPS) is 16.1. The Morgan fingerprint density at radius 2 is 1.43 bits per heavy atom. The average molecular weight is 598 g/mol. The molecule has 3 nitrogen and oxygen atoms in total. The first-order chi connectivity index (χ1) is 22.4. The highest BCUT2D eigenvalue weighted by atomic mass is 16.5. The van der Waals surface area contributed by atoms with Crippen molar-refractivity contribution in [2.24, 2.45) is 0 Å². The van der Waals surface area contributed by atoms with Gasteiger partial charge in [-0.25, -0.2) is 0 Å². The third-order valence-electron chi connectivity index (χ3n) is 11.1. The molecule has 0 N–H and O–H groups in total. The Morgan fingerprint density at radius 3 is 2.28 bits per heavy atom. The minimum atomic E-state index is -0.216. The molecule has 5 aromatic carbocycles. The first-order valence-corrected chi connectivity index (χ1v) is 16.5. The molecule has 0 aliphatic carbocycles. The lowest BCUT2D eigenvalue weighted by Gasteiger charge is -2.45. The Kier molecular flexibility index (Phi) is 5.57. The first-order valence-electron chi connectivity index (χ1n) is 16.5. The standard InChI is InChI=1S/C43H37N2O/c1-6-43(7-2)27(3)31-21-19-29(25-33(31)40-32-14-9-8-13-28(32)23-24-44(40)43)30-20-22-36-35(26-30)42(4,5)34-15-12-18-39-41(34)45(36)37-16-10-11-17-38(37)46-39/h8-26H,3,6-7H2,1-2,4-5H3/q+1. The lowest BCUT2D eigenvalue weighted by atomic mass is 9.72. The molecule has 0 unspecified atom stereocenters. The average Bonchev–Trinajstić information content (AvgIpc) is 3.10. The predicted octanol–water partition coefficient (Wildman–Crippen LogP) is 11.2. The number of benzene rings is 5. The van der Waals surface area contributed by atoms with Crippen molar-refractivity contribution in [1.29, 1.82) is 0 Å². The lowest BCUT2D eigenvalue weighted by molar-refractivity contribution is -0.740. The van der Waals surface area contributed by atoms with Gasteiger partial charge in [0.2, 0.25) is 5.69 Å². The molecule has 0 saturated carbocycles. The zero-order chi connectivity index (χ0) is 31.4. The van der Waals surface area contributed by atoms with E-state index >= 15 is 0 Å². The van der Waals surface area contributed by atoms with Gasteiger partial charge in [0.05, 0.1) is 28.0 Å². The quantitative estimate of drug-likeness (QED) is 0.188. The summed E-state index contributed by atoms with van der Waals surface area (Å²) in [4.78, 5) is 2.40. The van der Waals surface area contributed by atoms with Crippen LogP contribution in [0.15, 0.2) is 122 Å². The lowest BCUT2D eigenvalue weighted by Crippen LogP contribution is -2.59. The van der Waals surface area contributed by atoms with Crippen LogP contribution >= 0.6 is 0 Å². The van der Waals surface area contributed by atoms with E-state index in [9.17, 15) is 0 Å². The van der Waals surface area contributed by atoms with Crippen LogP contribution in [0.3, 0.4) is 0 Å². The van der Waals surface area contributed by atoms with E-state index in [-0.39, 0.29) is 11.0 Å². The van der Waals surface area contributed by atoms with Gasteiger partial charge in [-0.05, 0) is 75.7 Å². The number of para-hydroxylation sites is 3. The Balaban J connectivity index is 1.26. The van der Waals surface area contributed by atoms with Gasteiger partial charge in [0.1, 0.15) is 0 Å². The fraction of sp³-hybridized carbons (Fsp3) is 0.186. The van der Waals surface area contributed by atoms with Crippen molar-refractivity contribution < 1.29 is 9.30 Å². The molecule has 0 radical (unpaired) electrons. The van der Waals surface area contributed by atoms with Crippen LogP contribution in [0.4, 0.5) is 17.1 Å². The van der Waals surface area contributed by atoms with Gasteiger partial charge >= 0.3 is 0 Å². The van der Waals surface area contributed by atoms with E-state index in [4.69, 9.17) is 11.3 Å². The van der Waals surface area contributed by atoms with Gasteiger partial charge in [0.15, 0.2) is 23.2 Å². The first kappa shape index (κ1) is 27.2. The molecule has 1 aromatic heterocycles. The summed E-state index contributed by atoms with van der Waals surface area (Å²) < 4.78 is 8.94. The van der Waals surface area contributed by atoms with Crippen molar-refractivity contribution in [2.75, 3.05) is 4.90 Å². The molecule has 0 amide bonds. The number of ether oxygens (including phenoxy) is 1. The van der Waals surface area contributed by atoms with Crippen LogP contribution in [0, 0.1) is 0 Å². The van der Waals surface area contributed by atoms with E-state index in [1.54, 1.807) is 0 Å². The topological polar surface area (TPSA) is 16.4 Å². The van der Waals surface area contributed by atoms with Gasteiger partial charge in [0, 0.05) is 29.9 Å². The zero-order valence-electron chi connectivity index (χ0n) is 26.9. The summed E-state index contributed by atoms with van der Waals surface area (Å²) in [6, 6.07) is 39.9. The van der Waals surface area contributed by atoms with E-state index in [0.29, 0.717) is 0 Å². The molecule has 3 aliphatic heterocycles. The third-order valence-corrected chi connectivity index (χ3v) is 11.1. The third kappa shape index (κ3) is 3.41. The maximum absolute atomic E-state index is 6.43. The van der Waals surface area contributed by atoms with Crippen LogP contribution in [-0.4, -0.2) is 0 Å². The van der Waals surface area contributed by atoms with Crippen LogP contribution < -0.4 is 14.2 Å². The summed E-state index contributed by atoms with van der Waals surface area (Å²) in [7, 11) is 0. The van der Waals surface area contributed by atoms with E-state index in [1.807, 2.05) is 6.07 Å². The maximum Gasteiger partial charge on any atom is 0.221 e. The summed E-state index contributed by atoms with van der Waals surface area (Å²) in [5.74, 6) is 1.79. The Morgan fingerprint density at radius 1 is 0.696 bits per heavy atom. The van der Waals surface area contributed by atoms with Gasteiger partial charge in [0.25, 0.3) is 0 Å². The minimum Gasteiger partial charge on any atom is -0.453 e. The molecule has 224 valence electrons. The van der Waals surface area contributed by atoms with Crippen LogP contribution in [0.25, 0.3) is 38.7 Å². The highest BCUT2D eigenvalue weighted by molar-refractivity contribution is 5.99. The number of pyridine rings is 1. The molecule has 9 rings (SSSR count). The fourth-order valence-electron chi connectivity index (χ4n) is 8.56. The van der Waals surface area contributed by atoms with Gasteiger partial charge in [-0.3, -0.25) is 0 Å². The summed E-state index contributed by atoms with van der Waals surface area (Å²) in [6.07, 6.45) is 4.28. The number of nitrogens with zero attached hydrogens (tertiary/aromatic N) is 2. The molecule has 46 heavy (non-hydrogen) atoms. The molecule has 0 atom stereocenters. The molecular weight excluding hydrogens is 560 g/mol. The summed E-state index contributed by atoms with van der Waals surface area (Å²) in [5, 5.41) is 2.55. The summed E-state index contributed by atoms with van der Waals surface area (Å²) >= 11 is 0. The van der Waals surface area contributed by atoms with E-state index < -0.39 is 0 Å². The monoisotopic (exact) mass is 597 g/mol. The van der Waals surface area contributed by atoms with Crippen LogP contribution in [-0.2, 0) is 11.0 Å². The number of hydrogen-bond acceptors (Lipinski definition) is 2. The van der Waals surface area contributed by atoms with Crippen molar-refractivity contribution >= 4 is 33.4 Å². The van der Waals surface area contributed by atoms with Crippen molar-refractivity contribution in [3.63, 3.8) is 0 Å². The molecule has 0 fully saturated rings. The van der Waals surface area contributed by atoms with E-state index in [2.05, 4.69) is 146 Å². The molecule has 6 aromatic rings. The van der Waals surface area contributed by atoms with Crippen molar-refractivity contribution in [1.82, 2.24) is 0 Å². The van der Waals surface area contributed by atoms with Gasteiger partial charge < -0.3 is 9.64 Å². The predicted molar refractivity (Wildman–Crippen MR) is 189 cm³/mol. The number of fused-ring (bicyclic) bond motifs is 9. The smallest absolute Gasteiger partial charge is 0.221 e. The second kappa shape index (κ2) is 9.43. The van der Waals surface area contributed by atoms with Gasteiger partial charge in [-0.1, -0.05) is 94.9 Å². The molecule has 4 heterocycles. The molecule has 0 bridgehead atoms. The minimum absolute atomic E-state index is 0.148. The molecule has 3 aliphatic rings. The van der Waals surface area contributed by atoms with Crippen molar-refractivity contribution in [2.45, 2.75) is 51.5 Å². The summed E-state index contributed by atoms with van der Waals surface area (Å²) in [5.41, 5.74) is 13.1. The maximum atomic E-state index is 6.43. The zero-order valence-corrected chi connectivity index (χ0v) is 26.9. The number of aromatic nitrogens is 1. The van der Waals surface area contributed by atoms with Crippen LogP contribution in [0.5, 0.6) is 11.5 Å². The molecule has 3 heteroatoms. The second-order valence-corrected chi connectivity index (χ2v) is 13.5. The van der Waals surface area contributed by atoms with Crippen LogP contribution in [0.2, 0.25) is 0 Å². The van der Waals surface area contributed by atoms with Crippen molar-refractivity contribution in [3.8, 4) is 33.9 Å². The second-order valence-electron chi connectivity index (χ2n) is 13.5. The Labute approximate surface area is 271 Å². The SMILES string of the molecule is C=C1c2ccc(-c3ccc4c(c3)C(C)(C)c3cccc5c3N4c3ccccc3O5)cc2-c2c3ccccc3cc[n+]2C1(CC)CC.